The van der Waals surface area contributed by atoms with Crippen LogP contribution >= 0.6 is 27.5 Å². The van der Waals surface area contributed by atoms with E-state index in [-0.39, 0.29) is 0 Å². The van der Waals surface area contributed by atoms with Gasteiger partial charge in [0.15, 0.2) is 0 Å². The number of aromatic nitrogens is 2. The Morgan fingerprint density at radius 3 is 2.90 bits per heavy atom. The van der Waals surface area contributed by atoms with Gasteiger partial charge < -0.3 is 9.47 Å². The maximum absolute atomic E-state index is 6.10. The molecule has 0 bridgehead atoms. The van der Waals surface area contributed by atoms with Gasteiger partial charge in [0.25, 0.3) is 0 Å². The molecule has 2 heterocycles. The van der Waals surface area contributed by atoms with E-state index >= 15 is 0 Å². The summed E-state index contributed by atoms with van der Waals surface area (Å²) in [4.78, 5) is 7.23. The molecule has 3 nitrogen and oxygen atoms in total. The van der Waals surface area contributed by atoms with E-state index < -0.39 is 0 Å². The molecule has 1 aromatic heterocycles. The van der Waals surface area contributed by atoms with Gasteiger partial charge in [-0.15, -0.1) is 11.6 Å². The average Bonchev–Trinajstić information content (AvgIpc) is 3.04. The van der Waals surface area contributed by atoms with Gasteiger partial charge in [0, 0.05) is 23.6 Å². The lowest BCUT2D eigenvalue weighted by Crippen LogP contribution is -2.28. The third-order valence-corrected chi connectivity index (χ3v) is 5.13. The van der Waals surface area contributed by atoms with Crippen molar-refractivity contribution in [3.63, 3.8) is 0 Å². The molecule has 1 aliphatic rings. The standard InChI is InChI=1S/C16H21BrClN3/c1-11(2)20-6-5-12(9-20)10-21-15-4-3-13(17)7-14(15)19-16(21)8-18/h3-4,7,11-12H,5-6,8-10H2,1-2H3. The maximum atomic E-state index is 6.10. The summed E-state index contributed by atoms with van der Waals surface area (Å²) in [7, 11) is 0. The zero-order valence-corrected chi connectivity index (χ0v) is 14.9. The van der Waals surface area contributed by atoms with Gasteiger partial charge in [-0.1, -0.05) is 15.9 Å². The van der Waals surface area contributed by atoms with Crippen LogP contribution in [0.25, 0.3) is 11.0 Å². The number of benzene rings is 1. The van der Waals surface area contributed by atoms with Crippen molar-refractivity contribution in [2.75, 3.05) is 13.1 Å². The fourth-order valence-electron chi connectivity index (χ4n) is 3.20. The second-order valence-electron chi connectivity index (χ2n) is 6.15. The van der Waals surface area contributed by atoms with Crippen molar-refractivity contribution < 1.29 is 0 Å². The number of halogens is 2. The number of rotatable bonds is 4. The normalized spacial score (nSPS) is 20.0. The van der Waals surface area contributed by atoms with Crippen molar-refractivity contribution in [3.05, 3.63) is 28.5 Å². The summed E-state index contributed by atoms with van der Waals surface area (Å²) >= 11 is 9.61. The first-order chi connectivity index (χ1) is 10.1. The second kappa shape index (κ2) is 6.27. The van der Waals surface area contributed by atoms with Gasteiger partial charge in [0.05, 0.1) is 16.9 Å². The highest BCUT2D eigenvalue weighted by Gasteiger charge is 2.25. The van der Waals surface area contributed by atoms with Crippen LogP contribution in [0.2, 0.25) is 0 Å². The third kappa shape index (κ3) is 3.13. The lowest BCUT2D eigenvalue weighted by atomic mass is 10.1. The molecule has 114 valence electrons. The Hall–Kier alpha value is -0.580. The van der Waals surface area contributed by atoms with Crippen LogP contribution in [-0.4, -0.2) is 33.6 Å². The van der Waals surface area contributed by atoms with E-state index in [9.17, 15) is 0 Å². The second-order valence-corrected chi connectivity index (χ2v) is 7.33. The summed E-state index contributed by atoms with van der Waals surface area (Å²) in [5.74, 6) is 2.13. The van der Waals surface area contributed by atoms with Crippen molar-refractivity contribution in [1.82, 2.24) is 14.5 Å². The van der Waals surface area contributed by atoms with Crippen LogP contribution in [0.3, 0.4) is 0 Å². The highest BCUT2D eigenvalue weighted by atomic mass is 79.9. The van der Waals surface area contributed by atoms with Gasteiger partial charge >= 0.3 is 0 Å². The molecule has 0 N–H and O–H groups in total. The molecule has 1 fully saturated rings. The summed E-state index contributed by atoms with van der Waals surface area (Å²) < 4.78 is 3.37. The van der Waals surface area contributed by atoms with Crippen LogP contribution in [0, 0.1) is 5.92 Å². The Labute approximate surface area is 139 Å². The first kappa shape index (κ1) is 15.3. The number of imidazole rings is 1. The Morgan fingerprint density at radius 2 is 2.24 bits per heavy atom. The molecule has 21 heavy (non-hydrogen) atoms. The molecule has 1 aromatic carbocycles. The topological polar surface area (TPSA) is 21.1 Å². The Balaban J connectivity index is 1.86. The lowest BCUT2D eigenvalue weighted by molar-refractivity contribution is 0.261. The number of hydrogen-bond acceptors (Lipinski definition) is 2. The fraction of sp³-hybridized carbons (Fsp3) is 0.562. The minimum absolute atomic E-state index is 0.465. The third-order valence-electron chi connectivity index (χ3n) is 4.40. The van der Waals surface area contributed by atoms with Crippen LogP contribution in [0.1, 0.15) is 26.1 Å². The molecule has 1 unspecified atom stereocenters. The number of fused-ring (bicyclic) bond motifs is 1. The molecule has 1 saturated heterocycles. The Morgan fingerprint density at radius 1 is 1.43 bits per heavy atom. The molecule has 5 heteroatoms. The summed E-state index contributed by atoms with van der Waals surface area (Å²) in [6, 6.07) is 6.92. The Bertz CT molecular complexity index is 638. The van der Waals surface area contributed by atoms with Crippen molar-refractivity contribution in [3.8, 4) is 0 Å². The summed E-state index contributed by atoms with van der Waals surface area (Å²) in [5, 5.41) is 0. The number of hydrogen-bond donors (Lipinski definition) is 0. The maximum Gasteiger partial charge on any atom is 0.124 e. The van der Waals surface area contributed by atoms with E-state index in [1.54, 1.807) is 0 Å². The number of nitrogens with zero attached hydrogens (tertiary/aromatic N) is 3. The van der Waals surface area contributed by atoms with E-state index in [1.807, 2.05) is 0 Å². The van der Waals surface area contributed by atoms with E-state index in [4.69, 9.17) is 11.6 Å². The van der Waals surface area contributed by atoms with Gasteiger partial charge in [-0.05, 0) is 50.9 Å². The highest BCUT2D eigenvalue weighted by molar-refractivity contribution is 9.10. The van der Waals surface area contributed by atoms with Crippen molar-refractivity contribution >= 4 is 38.6 Å². The smallest absolute Gasteiger partial charge is 0.124 e. The van der Waals surface area contributed by atoms with Crippen molar-refractivity contribution in [2.24, 2.45) is 5.92 Å². The summed E-state index contributed by atoms with van der Waals surface area (Å²) in [6.45, 7) is 7.95. The zero-order valence-electron chi connectivity index (χ0n) is 12.5. The molecule has 0 amide bonds. The van der Waals surface area contributed by atoms with Crippen LogP contribution in [0.15, 0.2) is 22.7 Å². The largest absolute Gasteiger partial charge is 0.327 e. The monoisotopic (exact) mass is 369 g/mol. The predicted molar refractivity (Wildman–Crippen MR) is 91.8 cm³/mol. The van der Waals surface area contributed by atoms with Crippen LogP contribution in [0.5, 0.6) is 0 Å². The van der Waals surface area contributed by atoms with Gasteiger partial charge in [-0.25, -0.2) is 4.98 Å². The van der Waals surface area contributed by atoms with Crippen molar-refractivity contribution in [1.29, 1.82) is 0 Å². The van der Waals surface area contributed by atoms with Gasteiger partial charge in [-0.2, -0.15) is 0 Å². The van der Waals surface area contributed by atoms with Crippen molar-refractivity contribution in [2.45, 2.75) is 38.7 Å². The van der Waals surface area contributed by atoms with Gasteiger partial charge in [-0.3, -0.25) is 0 Å². The average molecular weight is 371 g/mol. The molecule has 0 radical (unpaired) electrons. The molecular formula is C16H21BrClN3. The molecule has 0 spiro atoms. The minimum Gasteiger partial charge on any atom is -0.327 e. The number of alkyl halides is 1. The van der Waals surface area contributed by atoms with Crippen LogP contribution in [-0.2, 0) is 12.4 Å². The quantitative estimate of drug-likeness (QED) is 0.750. The first-order valence-corrected chi connectivity index (χ1v) is 8.86. The molecule has 2 aromatic rings. The molecular weight excluding hydrogens is 350 g/mol. The Kier molecular flexibility index (Phi) is 4.57. The minimum atomic E-state index is 0.465. The fourth-order valence-corrected chi connectivity index (χ4v) is 3.75. The SMILES string of the molecule is CC(C)N1CCC(Cn2c(CCl)nc3cc(Br)ccc32)C1. The molecule has 1 atom stereocenters. The summed E-state index contributed by atoms with van der Waals surface area (Å²) in [5.41, 5.74) is 2.22. The molecule has 0 aliphatic carbocycles. The summed E-state index contributed by atoms with van der Waals surface area (Å²) in [6.07, 6.45) is 1.26. The molecule has 3 rings (SSSR count). The van der Waals surface area contributed by atoms with E-state index in [1.165, 1.54) is 25.0 Å². The van der Waals surface area contributed by atoms with Gasteiger partial charge in [0.1, 0.15) is 5.82 Å². The van der Waals surface area contributed by atoms with E-state index in [0.29, 0.717) is 17.8 Å². The lowest BCUT2D eigenvalue weighted by Gasteiger charge is -2.20. The molecule has 0 saturated carbocycles. The van der Waals surface area contributed by atoms with E-state index in [0.717, 1.165) is 22.4 Å². The van der Waals surface area contributed by atoms with Crippen LogP contribution < -0.4 is 0 Å². The molecule has 1 aliphatic heterocycles. The first-order valence-electron chi connectivity index (χ1n) is 7.53. The highest BCUT2D eigenvalue weighted by Crippen LogP contribution is 2.26. The van der Waals surface area contributed by atoms with Gasteiger partial charge in [0.2, 0.25) is 0 Å². The zero-order chi connectivity index (χ0) is 15.0. The van der Waals surface area contributed by atoms with Crippen LogP contribution in [0.4, 0.5) is 0 Å². The van der Waals surface area contributed by atoms with E-state index in [2.05, 4.69) is 62.4 Å². The predicted octanol–water partition coefficient (Wildman–Crippen LogP) is 4.27. The number of likely N-dealkylation sites (tertiary alicyclic amines) is 1.